The molecule has 0 N–H and O–H groups in total. The summed E-state index contributed by atoms with van der Waals surface area (Å²) < 4.78 is 2.42. The predicted octanol–water partition coefficient (Wildman–Crippen LogP) is 10.8. The summed E-state index contributed by atoms with van der Waals surface area (Å²) in [6, 6.07) is 49.2. The Kier molecular flexibility index (Phi) is 6.11. The number of hydrogen-bond donors (Lipinski definition) is 0. The van der Waals surface area contributed by atoms with Crippen molar-refractivity contribution in [2.75, 3.05) is 0 Å². The van der Waals surface area contributed by atoms with Crippen molar-refractivity contribution < 1.29 is 0 Å². The zero-order valence-corrected chi connectivity index (χ0v) is 26.3. The van der Waals surface area contributed by atoms with E-state index in [4.69, 9.17) is 9.97 Å². The molecule has 0 atom stereocenters. The minimum absolute atomic E-state index is 0.722. The third kappa shape index (κ3) is 4.33. The second-order valence-electron chi connectivity index (χ2n) is 12.3. The normalized spacial score (nSPS) is 11.7. The molecule has 0 radical (unpaired) electrons. The van der Waals surface area contributed by atoms with Gasteiger partial charge in [0.2, 0.25) is 0 Å². The van der Waals surface area contributed by atoms with Crippen molar-refractivity contribution in [1.29, 1.82) is 0 Å². The molecule has 0 aliphatic carbocycles. The lowest BCUT2D eigenvalue weighted by Crippen LogP contribution is -1.96. The predicted molar refractivity (Wildman–Crippen MR) is 201 cm³/mol. The summed E-state index contributed by atoms with van der Waals surface area (Å²) in [5.74, 6) is 0.722. The van der Waals surface area contributed by atoms with Gasteiger partial charge in [0.15, 0.2) is 5.82 Å². The SMILES string of the molecule is c1ccc(-c2ncc(-c3cccc(-c4cccc(-n5c6ccccc6c6ccc7c8nccnc8c8ccccc8c7c65)c4)c3)cn2)cc1. The van der Waals surface area contributed by atoms with Crippen LogP contribution in [0.25, 0.3) is 93.7 Å². The van der Waals surface area contributed by atoms with E-state index in [1.165, 1.54) is 27.1 Å². The maximum atomic E-state index is 4.85. The maximum absolute atomic E-state index is 4.85. The third-order valence-electron chi connectivity index (χ3n) is 9.56. The summed E-state index contributed by atoms with van der Waals surface area (Å²) in [5.41, 5.74) is 10.6. The van der Waals surface area contributed by atoms with Crippen LogP contribution >= 0.6 is 0 Å². The highest BCUT2D eigenvalue weighted by Crippen LogP contribution is 2.42. The molecule has 7 aromatic carbocycles. The topological polar surface area (TPSA) is 56.5 Å². The van der Waals surface area contributed by atoms with Gasteiger partial charge in [-0.2, -0.15) is 0 Å². The zero-order valence-electron chi connectivity index (χ0n) is 26.3. The Hall–Kier alpha value is -6.72. The Morgan fingerprint density at radius 1 is 0.388 bits per heavy atom. The number of benzene rings is 7. The Morgan fingerprint density at radius 2 is 0.980 bits per heavy atom. The summed E-state index contributed by atoms with van der Waals surface area (Å²) >= 11 is 0. The minimum Gasteiger partial charge on any atom is -0.309 e. The van der Waals surface area contributed by atoms with E-state index in [0.717, 1.165) is 66.7 Å². The van der Waals surface area contributed by atoms with E-state index in [0.29, 0.717) is 0 Å². The molecule has 0 bridgehead atoms. The monoisotopic (exact) mass is 625 g/mol. The molecule has 5 nitrogen and oxygen atoms in total. The standard InChI is InChI=1S/C44H27N5/c1-2-10-28(11-3-1)44-47-26-32(27-48-44)30-13-8-12-29(24-30)31-14-9-15-33(25-31)49-39-19-7-6-16-34(39)37-20-21-38-40(43(37)49)35-17-4-5-18-36(35)41-42(38)46-23-22-45-41/h1-27H. The molecule has 10 aromatic rings. The molecule has 0 aliphatic rings. The van der Waals surface area contributed by atoms with Crippen LogP contribution < -0.4 is 0 Å². The van der Waals surface area contributed by atoms with Gasteiger partial charge in [-0.25, -0.2) is 9.97 Å². The number of aromatic nitrogens is 5. The molecule has 3 aromatic heterocycles. The van der Waals surface area contributed by atoms with Gasteiger partial charge in [0, 0.05) is 68.5 Å². The second-order valence-corrected chi connectivity index (χ2v) is 12.3. The Balaban J connectivity index is 1.17. The van der Waals surface area contributed by atoms with E-state index in [1.54, 1.807) is 12.4 Å². The highest BCUT2D eigenvalue weighted by molar-refractivity contribution is 6.32. The maximum Gasteiger partial charge on any atom is 0.159 e. The molecule has 0 amide bonds. The summed E-state index contributed by atoms with van der Waals surface area (Å²) in [7, 11) is 0. The quantitative estimate of drug-likeness (QED) is 0.183. The molecular formula is C44H27N5. The fourth-order valence-electron chi connectivity index (χ4n) is 7.35. The van der Waals surface area contributed by atoms with E-state index < -0.39 is 0 Å². The minimum atomic E-state index is 0.722. The number of para-hydroxylation sites is 1. The van der Waals surface area contributed by atoms with E-state index in [-0.39, 0.29) is 0 Å². The highest BCUT2D eigenvalue weighted by atomic mass is 15.0. The lowest BCUT2D eigenvalue weighted by Gasteiger charge is -2.14. The van der Waals surface area contributed by atoms with Gasteiger partial charge in [-0.15, -0.1) is 0 Å². The van der Waals surface area contributed by atoms with Crippen LogP contribution in [0.4, 0.5) is 0 Å². The molecular weight excluding hydrogens is 599 g/mol. The molecule has 3 heterocycles. The van der Waals surface area contributed by atoms with Crippen molar-refractivity contribution in [3.05, 3.63) is 164 Å². The average Bonchev–Trinajstić information content (AvgIpc) is 3.53. The summed E-state index contributed by atoms with van der Waals surface area (Å²) in [6.07, 6.45) is 7.39. The molecule has 49 heavy (non-hydrogen) atoms. The lowest BCUT2D eigenvalue weighted by atomic mass is 9.97. The van der Waals surface area contributed by atoms with Gasteiger partial charge >= 0.3 is 0 Å². The lowest BCUT2D eigenvalue weighted by molar-refractivity contribution is 1.18. The molecule has 0 fully saturated rings. The van der Waals surface area contributed by atoms with E-state index in [1.807, 2.05) is 42.7 Å². The fraction of sp³-hybridized carbons (Fsp3) is 0. The number of nitrogens with zero attached hydrogens (tertiary/aromatic N) is 5. The van der Waals surface area contributed by atoms with Gasteiger partial charge in [-0.3, -0.25) is 9.97 Å². The van der Waals surface area contributed by atoms with Crippen LogP contribution in [0, 0.1) is 0 Å². The molecule has 0 unspecified atom stereocenters. The van der Waals surface area contributed by atoms with Crippen LogP contribution in [0.1, 0.15) is 0 Å². The van der Waals surface area contributed by atoms with E-state index >= 15 is 0 Å². The molecule has 5 heteroatoms. The van der Waals surface area contributed by atoms with Crippen LogP contribution in [0.3, 0.4) is 0 Å². The molecule has 0 saturated heterocycles. The van der Waals surface area contributed by atoms with Gasteiger partial charge in [0.1, 0.15) is 0 Å². The Bertz CT molecular complexity index is 2840. The number of hydrogen-bond acceptors (Lipinski definition) is 4. The molecule has 228 valence electrons. The second kappa shape index (κ2) is 10.9. The number of fused-ring (bicyclic) bond motifs is 10. The molecule has 0 aliphatic heterocycles. The summed E-state index contributed by atoms with van der Waals surface area (Å²) in [6.45, 7) is 0. The van der Waals surface area contributed by atoms with E-state index in [2.05, 4.69) is 124 Å². The Labute approximate surface area is 281 Å². The van der Waals surface area contributed by atoms with Crippen LogP contribution in [-0.4, -0.2) is 24.5 Å². The van der Waals surface area contributed by atoms with Crippen LogP contribution in [0.5, 0.6) is 0 Å². The van der Waals surface area contributed by atoms with Crippen LogP contribution in [-0.2, 0) is 0 Å². The first kappa shape index (κ1) is 27.4. The Morgan fingerprint density at radius 3 is 1.78 bits per heavy atom. The van der Waals surface area contributed by atoms with Gasteiger partial charge in [0.25, 0.3) is 0 Å². The molecule has 10 rings (SSSR count). The first-order chi connectivity index (χ1) is 24.3. The summed E-state index contributed by atoms with van der Waals surface area (Å²) in [4.78, 5) is 19.0. The smallest absolute Gasteiger partial charge is 0.159 e. The molecule has 0 saturated carbocycles. The van der Waals surface area contributed by atoms with Crippen molar-refractivity contribution in [2.45, 2.75) is 0 Å². The molecule has 0 spiro atoms. The van der Waals surface area contributed by atoms with Gasteiger partial charge in [-0.1, -0.05) is 115 Å². The average molecular weight is 626 g/mol. The van der Waals surface area contributed by atoms with Crippen molar-refractivity contribution in [1.82, 2.24) is 24.5 Å². The van der Waals surface area contributed by atoms with Gasteiger partial charge in [-0.05, 0) is 46.3 Å². The third-order valence-corrected chi connectivity index (χ3v) is 9.56. The fourth-order valence-corrected chi connectivity index (χ4v) is 7.35. The first-order valence-corrected chi connectivity index (χ1v) is 16.4. The van der Waals surface area contributed by atoms with Crippen molar-refractivity contribution in [3.8, 4) is 39.3 Å². The zero-order chi connectivity index (χ0) is 32.3. The number of rotatable bonds is 4. The van der Waals surface area contributed by atoms with Crippen molar-refractivity contribution in [3.63, 3.8) is 0 Å². The van der Waals surface area contributed by atoms with Crippen molar-refractivity contribution >= 4 is 54.4 Å². The van der Waals surface area contributed by atoms with E-state index in [9.17, 15) is 0 Å². The van der Waals surface area contributed by atoms with Gasteiger partial charge < -0.3 is 4.57 Å². The highest BCUT2D eigenvalue weighted by Gasteiger charge is 2.19. The van der Waals surface area contributed by atoms with Gasteiger partial charge in [0.05, 0.1) is 22.1 Å². The van der Waals surface area contributed by atoms with Crippen LogP contribution in [0.2, 0.25) is 0 Å². The summed E-state index contributed by atoms with van der Waals surface area (Å²) in [5, 5.41) is 6.99. The van der Waals surface area contributed by atoms with Crippen molar-refractivity contribution in [2.24, 2.45) is 0 Å². The largest absolute Gasteiger partial charge is 0.309 e. The van der Waals surface area contributed by atoms with Crippen LogP contribution in [0.15, 0.2) is 164 Å². The first-order valence-electron chi connectivity index (χ1n) is 16.4.